The molecule has 98 valence electrons. The maximum absolute atomic E-state index is 11.2. The van der Waals surface area contributed by atoms with E-state index in [9.17, 15) is 4.79 Å². The van der Waals surface area contributed by atoms with E-state index in [-0.39, 0.29) is 5.82 Å². The molecule has 5 heteroatoms. The maximum Gasteiger partial charge on any atom is 0.373 e. The van der Waals surface area contributed by atoms with Crippen LogP contribution >= 0.6 is 15.9 Å². The zero-order chi connectivity index (χ0) is 14.1. The van der Waals surface area contributed by atoms with Gasteiger partial charge >= 0.3 is 5.97 Å². The first-order chi connectivity index (χ1) is 9.65. The third-order valence-corrected chi connectivity index (χ3v) is 3.39. The van der Waals surface area contributed by atoms with Gasteiger partial charge in [0, 0.05) is 15.4 Å². The number of rotatable bonds is 2. The fourth-order valence-corrected chi connectivity index (χ4v) is 2.37. The lowest BCUT2D eigenvalue weighted by atomic mass is 10.1. The minimum Gasteiger partial charge on any atom is -0.475 e. The Morgan fingerprint density at radius 3 is 2.50 bits per heavy atom. The number of carboxylic acids is 1. The molecule has 0 aliphatic heterocycles. The third-order valence-electron chi connectivity index (χ3n) is 2.90. The average Bonchev–Trinajstić information content (AvgIpc) is 2.47. The number of fused-ring (bicyclic) bond motifs is 1. The highest BCUT2D eigenvalue weighted by molar-refractivity contribution is 9.10. The molecule has 0 bridgehead atoms. The van der Waals surface area contributed by atoms with Crippen LogP contribution in [0.4, 0.5) is 0 Å². The molecule has 0 saturated heterocycles. The molecule has 2 aromatic carbocycles. The van der Waals surface area contributed by atoms with E-state index in [1.165, 1.54) is 0 Å². The van der Waals surface area contributed by atoms with Crippen molar-refractivity contribution < 1.29 is 9.90 Å². The van der Waals surface area contributed by atoms with Crippen LogP contribution in [0.25, 0.3) is 22.2 Å². The summed E-state index contributed by atoms with van der Waals surface area (Å²) in [6.07, 6.45) is 0. The van der Waals surface area contributed by atoms with Crippen LogP contribution in [-0.4, -0.2) is 21.0 Å². The van der Waals surface area contributed by atoms with Gasteiger partial charge in [0.05, 0.1) is 11.2 Å². The molecule has 1 aromatic heterocycles. The molecule has 0 amide bonds. The summed E-state index contributed by atoms with van der Waals surface area (Å²) in [5.74, 6) is -1.33. The maximum atomic E-state index is 11.2. The molecule has 1 N–H and O–H groups in total. The molecule has 0 unspecified atom stereocenters. The van der Waals surface area contributed by atoms with Crippen LogP contribution in [0.3, 0.4) is 0 Å². The fourth-order valence-electron chi connectivity index (χ4n) is 2.01. The lowest BCUT2D eigenvalue weighted by molar-refractivity contribution is 0.0684. The second kappa shape index (κ2) is 5.02. The second-order valence-corrected chi connectivity index (χ2v) is 5.14. The lowest BCUT2D eigenvalue weighted by Gasteiger charge is -2.07. The van der Waals surface area contributed by atoms with Crippen LogP contribution in [0.15, 0.2) is 53.0 Å². The van der Waals surface area contributed by atoms with E-state index in [2.05, 4.69) is 25.9 Å². The molecular weight excluding hydrogens is 320 g/mol. The normalized spacial score (nSPS) is 10.7. The van der Waals surface area contributed by atoms with Crippen LogP contribution in [-0.2, 0) is 0 Å². The van der Waals surface area contributed by atoms with Gasteiger partial charge in [0.25, 0.3) is 0 Å². The lowest BCUT2D eigenvalue weighted by Crippen LogP contribution is -2.05. The quantitative estimate of drug-likeness (QED) is 0.778. The average molecular weight is 329 g/mol. The monoisotopic (exact) mass is 328 g/mol. The fraction of sp³-hybridized carbons (Fsp3) is 0. The Hall–Kier alpha value is -2.27. The summed E-state index contributed by atoms with van der Waals surface area (Å²) in [7, 11) is 0. The number of halogens is 1. The molecule has 1 heterocycles. The Morgan fingerprint density at radius 2 is 1.80 bits per heavy atom. The number of nitrogens with zero attached hydrogens (tertiary/aromatic N) is 2. The molecule has 3 rings (SSSR count). The van der Waals surface area contributed by atoms with Gasteiger partial charge in [-0.15, -0.1) is 0 Å². The Morgan fingerprint density at radius 1 is 1.05 bits per heavy atom. The van der Waals surface area contributed by atoms with Crippen LogP contribution in [0.5, 0.6) is 0 Å². The van der Waals surface area contributed by atoms with Crippen molar-refractivity contribution in [2.45, 2.75) is 0 Å². The summed E-state index contributed by atoms with van der Waals surface area (Å²) in [6, 6.07) is 15.0. The van der Waals surface area contributed by atoms with Crippen molar-refractivity contribution in [3.05, 3.63) is 58.8 Å². The minimum atomic E-state index is -1.13. The van der Waals surface area contributed by atoms with E-state index >= 15 is 0 Å². The molecule has 0 fully saturated rings. The van der Waals surface area contributed by atoms with Gasteiger partial charge in [0.2, 0.25) is 5.82 Å². The van der Waals surface area contributed by atoms with Crippen LogP contribution in [0.1, 0.15) is 10.6 Å². The summed E-state index contributed by atoms with van der Waals surface area (Å²) in [5, 5.41) is 9.95. The first-order valence-corrected chi connectivity index (χ1v) is 6.70. The van der Waals surface area contributed by atoms with E-state index in [0.29, 0.717) is 11.2 Å². The molecule has 0 aliphatic rings. The predicted octanol–water partition coefficient (Wildman–Crippen LogP) is 3.76. The van der Waals surface area contributed by atoms with Crippen LogP contribution < -0.4 is 0 Å². The summed E-state index contributed by atoms with van der Waals surface area (Å²) in [4.78, 5) is 19.4. The van der Waals surface area contributed by atoms with Crippen LogP contribution in [0, 0.1) is 0 Å². The highest BCUT2D eigenvalue weighted by Gasteiger charge is 2.14. The molecule has 0 saturated carbocycles. The molecule has 20 heavy (non-hydrogen) atoms. The number of carbonyl (C=O) groups is 1. The number of benzene rings is 2. The summed E-state index contributed by atoms with van der Waals surface area (Å²) in [5.41, 5.74) is 2.09. The van der Waals surface area contributed by atoms with E-state index in [1.54, 1.807) is 6.07 Å². The number of aromatic carboxylic acids is 1. The van der Waals surface area contributed by atoms with Gasteiger partial charge in [-0.1, -0.05) is 46.3 Å². The number of aromatic nitrogens is 2. The van der Waals surface area contributed by atoms with E-state index in [4.69, 9.17) is 5.11 Å². The van der Waals surface area contributed by atoms with Crippen molar-refractivity contribution in [2.75, 3.05) is 0 Å². The van der Waals surface area contributed by atoms with Crippen molar-refractivity contribution in [3.63, 3.8) is 0 Å². The zero-order valence-corrected chi connectivity index (χ0v) is 11.8. The highest BCUT2D eigenvalue weighted by Crippen LogP contribution is 2.28. The van der Waals surface area contributed by atoms with E-state index < -0.39 is 5.97 Å². The number of hydrogen-bond acceptors (Lipinski definition) is 3. The van der Waals surface area contributed by atoms with Gasteiger partial charge in [-0.2, -0.15) is 0 Å². The van der Waals surface area contributed by atoms with Crippen molar-refractivity contribution in [2.24, 2.45) is 0 Å². The van der Waals surface area contributed by atoms with Crippen molar-refractivity contribution in [1.29, 1.82) is 0 Å². The molecular formula is C15H9BrN2O2. The number of carboxylic acid groups (broad SMARTS) is 1. The first kappa shape index (κ1) is 12.7. The molecule has 0 radical (unpaired) electrons. The van der Waals surface area contributed by atoms with Gasteiger partial charge in [-0.05, 0) is 18.2 Å². The Bertz CT molecular complexity index is 804. The highest BCUT2D eigenvalue weighted by atomic mass is 79.9. The third kappa shape index (κ3) is 2.28. The van der Waals surface area contributed by atoms with Gasteiger partial charge in [-0.25, -0.2) is 14.8 Å². The van der Waals surface area contributed by atoms with Crippen molar-refractivity contribution >= 4 is 32.8 Å². The van der Waals surface area contributed by atoms with Gasteiger partial charge < -0.3 is 5.11 Å². The largest absolute Gasteiger partial charge is 0.475 e. The zero-order valence-electron chi connectivity index (χ0n) is 10.2. The van der Waals surface area contributed by atoms with Gasteiger partial charge in [0.1, 0.15) is 0 Å². The summed E-state index contributed by atoms with van der Waals surface area (Å²) < 4.78 is 0.897. The minimum absolute atomic E-state index is 0.196. The Labute approximate surface area is 123 Å². The topological polar surface area (TPSA) is 63.1 Å². The van der Waals surface area contributed by atoms with Gasteiger partial charge in [0.15, 0.2) is 0 Å². The van der Waals surface area contributed by atoms with E-state index in [0.717, 1.165) is 15.4 Å². The molecule has 0 atom stereocenters. The van der Waals surface area contributed by atoms with E-state index in [1.807, 2.05) is 42.5 Å². The first-order valence-electron chi connectivity index (χ1n) is 5.91. The smallest absolute Gasteiger partial charge is 0.373 e. The van der Waals surface area contributed by atoms with Gasteiger partial charge in [-0.3, -0.25) is 0 Å². The predicted molar refractivity (Wildman–Crippen MR) is 79.6 cm³/mol. The summed E-state index contributed by atoms with van der Waals surface area (Å²) in [6.45, 7) is 0. The molecule has 0 spiro atoms. The van der Waals surface area contributed by atoms with Crippen molar-refractivity contribution in [3.8, 4) is 11.3 Å². The molecule has 4 nitrogen and oxygen atoms in total. The van der Waals surface area contributed by atoms with Crippen LogP contribution in [0.2, 0.25) is 0 Å². The Balaban J connectivity index is 2.38. The molecule has 0 aliphatic carbocycles. The number of hydrogen-bond donors (Lipinski definition) is 1. The summed E-state index contributed by atoms with van der Waals surface area (Å²) >= 11 is 3.41. The van der Waals surface area contributed by atoms with Crippen molar-refractivity contribution in [1.82, 2.24) is 9.97 Å². The second-order valence-electron chi connectivity index (χ2n) is 4.23. The molecule has 3 aromatic rings. The SMILES string of the molecule is O=C(O)c1nc(-c2ccccc2)c2cc(Br)ccc2n1. The standard InChI is InChI=1S/C15H9BrN2O2/c16-10-6-7-12-11(8-10)13(9-4-2-1-3-5-9)18-14(17-12)15(19)20/h1-8H,(H,19,20). The Kier molecular flexibility index (Phi) is 3.20.